The van der Waals surface area contributed by atoms with E-state index in [1.54, 1.807) is 18.3 Å². The summed E-state index contributed by atoms with van der Waals surface area (Å²) in [4.78, 5) is 17.0. The normalized spacial score (nSPS) is 11.0. The van der Waals surface area contributed by atoms with Crippen molar-refractivity contribution in [3.63, 3.8) is 0 Å². The lowest BCUT2D eigenvalue weighted by atomic mass is 10.2. The molecule has 0 unspecified atom stereocenters. The molecule has 0 saturated carbocycles. The number of pyridine rings is 1. The van der Waals surface area contributed by atoms with E-state index in [4.69, 9.17) is 4.42 Å². The predicted molar refractivity (Wildman–Crippen MR) is 99.9 cm³/mol. The minimum absolute atomic E-state index is 0.235. The highest BCUT2D eigenvalue weighted by atomic mass is 19.1. The van der Waals surface area contributed by atoms with Crippen molar-refractivity contribution < 1.29 is 13.6 Å². The van der Waals surface area contributed by atoms with Gasteiger partial charge in [-0.05, 0) is 36.8 Å². The molecule has 136 valence electrons. The lowest BCUT2D eigenvalue weighted by Gasteiger charge is -2.11. The molecule has 4 aromatic rings. The number of hydrogen-bond acceptors (Lipinski definition) is 3. The highest BCUT2D eigenvalue weighted by Gasteiger charge is 2.18. The smallest absolute Gasteiger partial charge is 0.268 e. The Kier molecular flexibility index (Phi) is 4.46. The number of furan rings is 1. The topological polar surface area (TPSA) is 60.1 Å². The van der Waals surface area contributed by atoms with Crippen molar-refractivity contribution in [3.05, 3.63) is 89.3 Å². The SMILES string of the molecule is Cc1cc2c(cc(C(=O)NCc3ccccn3)n2Cc2cccc(F)c2)o1. The van der Waals surface area contributed by atoms with Crippen LogP contribution >= 0.6 is 0 Å². The molecule has 0 aliphatic heterocycles. The van der Waals surface area contributed by atoms with Crippen LogP contribution in [0.4, 0.5) is 4.39 Å². The number of aryl methyl sites for hydroxylation is 1. The van der Waals surface area contributed by atoms with E-state index in [2.05, 4.69) is 10.3 Å². The Labute approximate surface area is 155 Å². The van der Waals surface area contributed by atoms with Crippen LogP contribution in [-0.2, 0) is 13.1 Å². The summed E-state index contributed by atoms with van der Waals surface area (Å²) in [7, 11) is 0. The second-order valence-corrected chi connectivity index (χ2v) is 6.36. The summed E-state index contributed by atoms with van der Waals surface area (Å²) in [5, 5.41) is 2.88. The molecule has 1 N–H and O–H groups in total. The number of carbonyl (C=O) groups excluding carboxylic acids is 1. The largest absolute Gasteiger partial charge is 0.460 e. The average molecular weight is 363 g/mol. The van der Waals surface area contributed by atoms with Crippen molar-refractivity contribution in [2.75, 3.05) is 0 Å². The van der Waals surface area contributed by atoms with Gasteiger partial charge in [-0.3, -0.25) is 9.78 Å². The third kappa shape index (κ3) is 3.60. The maximum atomic E-state index is 13.6. The fourth-order valence-corrected chi connectivity index (χ4v) is 3.11. The number of halogens is 1. The number of carbonyl (C=O) groups is 1. The number of nitrogens with zero attached hydrogens (tertiary/aromatic N) is 2. The molecule has 0 bridgehead atoms. The van der Waals surface area contributed by atoms with Gasteiger partial charge in [-0.1, -0.05) is 18.2 Å². The average Bonchev–Trinajstić information content (AvgIpc) is 3.18. The van der Waals surface area contributed by atoms with Crippen molar-refractivity contribution in [3.8, 4) is 0 Å². The second-order valence-electron chi connectivity index (χ2n) is 6.36. The first-order valence-electron chi connectivity index (χ1n) is 8.62. The first-order chi connectivity index (χ1) is 13.1. The quantitative estimate of drug-likeness (QED) is 0.582. The Bertz CT molecular complexity index is 1100. The summed E-state index contributed by atoms with van der Waals surface area (Å²) >= 11 is 0. The van der Waals surface area contributed by atoms with Gasteiger partial charge in [0.1, 0.15) is 17.3 Å². The zero-order valence-electron chi connectivity index (χ0n) is 14.8. The number of nitrogens with one attached hydrogen (secondary N) is 1. The summed E-state index contributed by atoms with van der Waals surface area (Å²) in [6.07, 6.45) is 1.68. The van der Waals surface area contributed by atoms with Crippen LogP contribution in [0.15, 0.2) is 65.2 Å². The molecule has 1 amide bonds. The number of aromatic nitrogens is 2. The van der Waals surface area contributed by atoms with Crippen molar-refractivity contribution in [1.82, 2.24) is 14.9 Å². The predicted octanol–water partition coefficient (Wildman–Crippen LogP) is 4.06. The van der Waals surface area contributed by atoms with Crippen molar-refractivity contribution in [2.45, 2.75) is 20.0 Å². The highest BCUT2D eigenvalue weighted by Crippen LogP contribution is 2.25. The molecule has 0 radical (unpaired) electrons. The number of fused-ring (bicyclic) bond motifs is 1. The number of hydrogen-bond donors (Lipinski definition) is 1. The van der Waals surface area contributed by atoms with E-state index in [1.165, 1.54) is 12.1 Å². The molecular weight excluding hydrogens is 345 g/mol. The van der Waals surface area contributed by atoms with Crippen LogP contribution in [0.25, 0.3) is 11.1 Å². The Hall–Kier alpha value is -3.41. The van der Waals surface area contributed by atoms with Crippen LogP contribution in [0, 0.1) is 12.7 Å². The molecular formula is C21H18FN3O2. The third-order valence-corrected chi connectivity index (χ3v) is 4.33. The first kappa shape index (κ1) is 17.0. The third-order valence-electron chi connectivity index (χ3n) is 4.33. The zero-order chi connectivity index (χ0) is 18.8. The molecule has 0 aliphatic rings. The monoisotopic (exact) mass is 363 g/mol. The Morgan fingerprint density at radius 3 is 2.85 bits per heavy atom. The standard InChI is InChI=1S/C21H18FN3O2/c1-14-9-18-20(27-14)11-19(21(26)24-12-17-7-2-3-8-23-17)25(18)13-15-5-4-6-16(22)10-15/h2-11H,12-13H2,1H3,(H,24,26). The molecule has 1 aromatic carbocycles. The van der Waals surface area contributed by atoms with Crippen molar-refractivity contribution in [1.29, 1.82) is 0 Å². The molecule has 3 heterocycles. The molecule has 27 heavy (non-hydrogen) atoms. The molecule has 0 aliphatic carbocycles. The molecule has 5 nitrogen and oxygen atoms in total. The molecule has 0 fully saturated rings. The van der Waals surface area contributed by atoms with E-state index >= 15 is 0 Å². The maximum Gasteiger partial charge on any atom is 0.268 e. The van der Waals surface area contributed by atoms with Gasteiger partial charge < -0.3 is 14.3 Å². The summed E-state index contributed by atoms with van der Waals surface area (Å²) in [5.74, 6) is 0.218. The maximum absolute atomic E-state index is 13.6. The molecule has 6 heteroatoms. The van der Waals surface area contributed by atoms with Crippen molar-refractivity contribution >= 4 is 17.0 Å². The summed E-state index contributed by atoms with van der Waals surface area (Å²) in [6.45, 7) is 2.55. The van der Waals surface area contributed by atoms with Gasteiger partial charge in [0.25, 0.3) is 5.91 Å². The van der Waals surface area contributed by atoms with Gasteiger partial charge in [0.05, 0.1) is 17.8 Å². The number of amides is 1. The molecule has 0 atom stereocenters. The van der Waals surface area contributed by atoms with Crippen LogP contribution in [-0.4, -0.2) is 15.5 Å². The minimum Gasteiger partial charge on any atom is -0.460 e. The van der Waals surface area contributed by atoms with Crippen LogP contribution in [0.2, 0.25) is 0 Å². The highest BCUT2D eigenvalue weighted by molar-refractivity contribution is 5.97. The fraction of sp³-hybridized carbons (Fsp3) is 0.143. The zero-order valence-corrected chi connectivity index (χ0v) is 14.8. The van der Waals surface area contributed by atoms with Gasteiger partial charge in [-0.15, -0.1) is 0 Å². The van der Waals surface area contributed by atoms with Crippen LogP contribution in [0.5, 0.6) is 0 Å². The van der Waals surface area contributed by atoms with E-state index in [0.29, 0.717) is 24.4 Å². The summed E-state index contributed by atoms with van der Waals surface area (Å²) in [6, 6.07) is 15.5. The molecule has 0 spiro atoms. The lowest BCUT2D eigenvalue weighted by Crippen LogP contribution is -2.26. The van der Waals surface area contributed by atoms with Crippen molar-refractivity contribution in [2.24, 2.45) is 0 Å². The van der Waals surface area contributed by atoms with Gasteiger partial charge in [0, 0.05) is 24.9 Å². The Balaban J connectivity index is 1.65. The fourth-order valence-electron chi connectivity index (χ4n) is 3.11. The van der Waals surface area contributed by atoms with Gasteiger partial charge in [-0.25, -0.2) is 4.39 Å². The molecule has 0 saturated heterocycles. The van der Waals surface area contributed by atoms with E-state index in [9.17, 15) is 9.18 Å². The first-order valence-corrected chi connectivity index (χ1v) is 8.62. The number of rotatable bonds is 5. The van der Waals surface area contributed by atoms with Crippen LogP contribution < -0.4 is 5.32 Å². The Morgan fingerprint density at radius 2 is 2.07 bits per heavy atom. The van der Waals surface area contributed by atoms with E-state index in [0.717, 1.165) is 22.5 Å². The number of benzene rings is 1. The summed E-state index contributed by atoms with van der Waals surface area (Å²) < 4.78 is 21.1. The van der Waals surface area contributed by atoms with Gasteiger partial charge in [0.2, 0.25) is 0 Å². The van der Waals surface area contributed by atoms with Gasteiger partial charge in [0.15, 0.2) is 5.58 Å². The molecule has 4 rings (SSSR count). The lowest BCUT2D eigenvalue weighted by molar-refractivity contribution is 0.0942. The summed E-state index contributed by atoms with van der Waals surface area (Å²) in [5.41, 5.74) is 3.44. The van der Waals surface area contributed by atoms with E-state index in [-0.39, 0.29) is 11.7 Å². The van der Waals surface area contributed by atoms with Crippen LogP contribution in [0.1, 0.15) is 27.5 Å². The van der Waals surface area contributed by atoms with Gasteiger partial charge in [-0.2, -0.15) is 0 Å². The molecule has 3 aromatic heterocycles. The van der Waals surface area contributed by atoms with Gasteiger partial charge >= 0.3 is 0 Å². The Morgan fingerprint density at radius 1 is 1.19 bits per heavy atom. The van der Waals surface area contributed by atoms with E-state index in [1.807, 2.05) is 41.8 Å². The minimum atomic E-state index is -0.305. The second kappa shape index (κ2) is 7.07. The van der Waals surface area contributed by atoms with Crippen LogP contribution in [0.3, 0.4) is 0 Å². The van der Waals surface area contributed by atoms with E-state index < -0.39 is 0 Å².